The van der Waals surface area contributed by atoms with E-state index in [4.69, 9.17) is 5.73 Å². The Morgan fingerprint density at radius 2 is 1.92 bits per heavy atom. The van der Waals surface area contributed by atoms with E-state index in [1.165, 1.54) is 0 Å². The molecule has 0 aliphatic heterocycles. The first-order valence-electron chi connectivity index (χ1n) is 4.68. The van der Waals surface area contributed by atoms with Crippen LogP contribution in [-0.2, 0) is 5.54 Å². The molecule has 13 heavy (non-hydrogen) atoms. The summed E-state index contributed by atoms with van der Waals surface area (Å²) in [7, 11) is 0. The molecule has 1 aromatic rings. The molecular formula is C10H19N3. The molecule has 0 saturated heterocycles. The van der Waals surface area contributed by atoms with Crippen molar-refractivity contribution < 1.29 is 0 Å². The summed E-state index contributed by atoms with van der Waals surface area (Å²) >= 11 is 0. The van der Waals surface area contributed by atoms with Crippen molar-refractivity contribution in [2.24, 2.45) is 5.73 Å². The fourth-order valence-corrected chi connectivity index (χ4v) is 1.34. The first kappa shape index (κ1) is 10.3. The Morgan fingerprint density at radius 3 is 2.15 bits per heavy atom. The van der Waals surface area contributed by atoms with Gasteiger partial charge in [-0.05, 0) is 26.7 Å². The molecule has 0 bridgehead atoms. The van der Waals surface area contributed by atoms with Crippen LogP contribution < -0.4 is 5.73 Å². The molecule has 0 radical (unpaired) electrons. The Kier molecular flexibility index (Phi) is 2.48. The normalized spacial score (nSPS) is 12.5. The van der Waals surface area contributed by atoms with Gasteiger partial charge in [0.05, 0.1) is 11.2 Å². The summed E-state index contributed by atoms with van der Waals surface area (Å²) in [5.41, 5.74) is 7.82. The fourth-order valence-electron chi connectivity index (χ4n) is 1.34. The third kappa shape index (κ3) is 2.10. The number of aromatic nitrogens is 2. The molecule has 3 N–H and O–H groups in total. The van der Waals surface area contributed by atoms with Gasteiger partial charge in [-0.25, -0.2) is 4.98 Å². The molecule has 1 aromatic heterocycles. The molecule has 3 heteroatoms. The number of nitrogens with zero attached hydrogens (tertiary/aromatic N) is 1. The van der Waals surface area contributed by atoms with E-state index >= 15 is 0 Å². The highest BCUT2D eigenvalue weighted by atomic mass is 15.0. The summed E-state index contributed by atoms with van der Waals surface area (Å²) in [6, 6.07) is 0. The Labute approximate surface area is 79.8 Å². The van der Waals surface area contributed by atoms with Gasteiger partial charge in [0.15, 0.2) is 0 Å². The van der Waals surface area contributed by atoms with Crippen LogP contribution in [0.15, 0.2) is 0 Å². The maximum Gasteiger partial charge on any atom is 0.126 e. The third-order valence-electron chi connectivity index (χ3n) is 2.08. The van der Waals surface area contributed by atoms with Gasteiger partial charge in [0.2, 0.25) is 0 Å². The van der Waals surface area contributed by atoms with Crippen LogP contribution in [0.25, 0.3) is 0 Å². The van der Waals surface area contributed by atoms with Crippen molar-refractivity contribution in [3.05, 3.63) is 17.2 Å². The average Bonchev–Trinajstić information content (AvgIpc) is 2.29. The zero-order valence-electron chi connectivity index (χ0n) is 9.10. The zero-order valence-corrected chi connectivity index (χ0v) is 9.10. The number of rotatable bonds is 2. The van der Waals surface area contributed by atoms with Gasteiger partial charge in [-0.3, -0.25) is 0 Å². The molecule has 0 spiro atoms. The average molecular weight is 181 g/mol. The number of hydrogen-bond acceptors (Lipinski definition) is 2. The Morgan fingerprint density at radius 1 is 1.38 bits per heavy atom. The second-order valence-electron chi connectivity index (χ2n) is 4.47. The highest BCUT2D eigenvalue weighted by Crippen LogP contribution is 2.20. The Bertz CT molecular complexity index is 292. The lowest BCUT2D eigenvalue weighted by Gasteiger charge is -2.14. The smallest absolute Gasteiger partial charge is 0.126 e. The van der Waals surface area contributed by atoms with Crippen molar-refractivity contribution in [3.63, 3.8) is 0 Å². The predicted molar refractivity (Wildman–Crippen MR) is 54.6 cm³/mol. The van der Waals surface area contributed by atoms with E-state index < -0.39 is 0 Å². The van der Waals surface area contributed by atoms with E-state index in [1.807, 2.05) is 20.8 Å². The molecule has 3 nitrogen and oxygen atoms in total. The SMILES string of the molecule is Cc1[nH]c(C(C)(C)N)nc1C(C)C. The molecule has 0 aromatic carbocycles. The van der Waals surface area contributed by atoms with Crippen LogP contribution in [0.1, 0.15) is 50.8 Å². The molecule has 0 unspecified atom stereocenters. The van der Waals surface area contributed by atoms with Crippen molar-refractivity contribution in [3.8, 4) is 0 Å². The number of nitrogens with one attached hydrogen (secondary N) is 1. The predicted octanol–water partition coefficient (Wildman–Crippen LogP) is 2.04. The lowest BCUT2D eigenvalue weighted by molar-refractivity contribution is 0.518. The number of aryl methyl sites for hydroxylation is 1. The van der Waals surface area contributed by atoms with Gasteiger partial charge in [-0.2, -0.15) is 0 Å². The van der Waals surface area contributed by atoms with Gasteiger partial charge < -0.3 is 10.7 Å². The van der Waals surface area contributed by atoms with E-state index in [0.717, 1.165) is 17.2 Å². The van der Waals surface area contributed by atoms with Crippen LogP contribution in [0.5, 0.6) is 0 Å². The number of H-pyrrole nitrogens is 1. The summed E-state index contributed by atoms with van der Waals surface area (Å²) in [5.74, 6) is 1.32. The summed E-state index contributed by atoms with van der Waals surface area (Å²) in [5, 5.41) is 0. The number of nitrogens with two attached hydrogens (primary N) is 1. The Hall–Kier alpha value is -0.830. The minimum Gasteiger partial charge on any atom is -0.344 e. The molecular weight excluding hydrogens is 162 g/mol. The summed E-state index contributed by atoms with van der Waals surface area (Å²) in [6.45, 7) is 10.2. The molecule has 0 saturated carbocycles. The molecule has 0 aliphatic rings. The van der Waals surface area contributed by atoms with Crippen molar-refractivity contribution in [2.75, 3.05) is 0 Å². The summed E-state index contributed by atoms with van der Waals surface area (Å²) in [4.78, 5) is 7.73. The minimum atomic E-state index is -0.377. The first-order chi connectivity index (χ1) is 5.82. The van der Waals surface area contributed by atoms with E-state index in [0.29, 0.717) is 5.92 Å². The quantitative estimate of drug-likeness (QED) is 0.733. The van der Waals surface area contributed by atoms with Gasteiger partial charge in [0.25, 0.3) is 0 Å². The van der Waals surface area contributed by atoms with Crippen LogP contribution in [0.3, 0.4) is 0 Å². The third-order valence-corrected chi connectivity index (χ3v) is 2.08. The van der Waals surface area contributed by atoms with Crippen molar-refractivity contribution >= 4 is 0 Å². The standard InChI is InChI=1S/C10H19N3/c1-6(2)8-7(3)12-9(13-8)10(4,5)11/h6H,11H2,1-5H3,(H,12,13). The van der Waals surface area contributed by atoms with Crippen LogP contribution in [0.4, 0.5) is 0 Å². The van der Waals surface area contributed by atoms with Gasteiger partial charge >= 0.3 is 0 Å². The summed E-state index contributed by atoms with van der Waals surface area (Å²) < 4.78 is 0. The summed E-state index contributed by atoms with van der Waals surface area (Å²) in [6.07, 6.45) is 0. The van der Waals surface area contributed by atoms with Crippen molar-refractivity contribution in [2.45, 2.75) is 46.1 Å². The van der Waals surface area contributed by atoms with E-state index in [2.05, 4.69) is 23.8 Å². The van der Waals surface area contributed by atoms with Crippen LogP contribution in [0.2, 0.25) is 0 Å². The molecule has 1 heterocycles. The molecule has 0 aliphatic carbocycles. The van der Waals surface area contributed by atoms with Crippen LogP contribution in [-0.4, -0.2) is 9.97 Å². The van der Waals surface area contributed by atoms with E-state index in [9.17, 15) is 0 Å². The van der Waals surface area contributed by atoms with E-state index in [-0.39, 0.29) is 5.54 Å². The Balaban J connectivity index is 3.10. The second-order valence-corrected chi connectivity index (χ2v) is 4.47. The van der Waals surface area contributed by atoms with Gasteiger partial charge in [-0.15, -0.1) is 0 Å². The maximum absolute atomic E-state index is 5.95. The van der Waals surface area contributed by atoms with Crippen molar-refractivity contribution in [1.29, 1.82) is 0 Å². The molecule has 0 fully saturated rings. The fraction of sp³-hybridized carbons (Fsp3) is 0.700. The molecule has 74 valence electrons. The van der Waals surface area contributed by atoms with E-state index in [1.54, 1.807) is 0 Å². The number of hydrogen-bond donors (Lipinski definition) is 2. The number of imidazole rings is 1. The van der Waals surface area contributed by atoms with Gasteiger partial charge in [0.1, 0.15) is 5.82 Å². The first-order valence-corrected chi connectivity index (χ1v) is 4.68. The minimum absolute atomic E-state index is 0.377. The molecule has 0 amide bonds. The highest BCUT2D eigenvalue weighted by Gasteiger charge is 2.20. The highest BCUT2D eigenvalue weighted by molar-refractivity contribution is 5.19. The largest absolute Gasteiger partial charge is 0.344 e. The molecule has 0 atom stereocenters. The number of aromatic amines is 1. The second kappa shape index (κ2) is 3.14. The lowest BCUT2D eigenvalue weighted by atomic mass is 10.1. The lowest BCUT2D eigenvalue weighted by Crippen LogP contribution is -2.30. The molecule has 1 rings (SSSR count). The maximum atomic E-state index is 5.95. The van der Waals surface area contributed by atoms with Crippen molar-refractivity contribution in [1.82, 2.24) is 9.97 Å². The zero-order chi connectivity index (χ0) is 10.2. The van der Waals surface area contributed by atoms with Gasteiger partial charge in [0, 0.05) is 5.69 Å². The topological polar surface area (TPSA) is 54.7 Å². The monoisotopic (exact) mass is 181 g/mol. The van der Waals surface area contributed by atoms with Gasteiger partial charge in [-0.1, -0.05) is 13.8 Å². The van der Waals surface area contributed by atoms with Crippen LogP contribution >= 0.6 is 0 Å². The van der Waals surface area contributed by atoms with Crippen LogP contribution in [0, 0.1) is 6.92 Å².